The summed E-state index contributed by atoms with van der Waals surface area (Å²) in [5, 5.41) is 10.4. The van der Waals surface area contributed by atoms with Gasteiger partial charge in [-0.15, -0.1) is 0 Å². The Morgan fingerprint density at radius 3 is 1.51 bits per heavy atom. The molecule has 0 saturated carbocycles. The summed E-state index contributed by atoms with van der Waals surface area (Å²) in [6.07, 6.45) is -0.386. The number of aliphatic imine (C=N–C) groups is 2. The third-order valence-electron chi connectivity index (χ3n) is 12.9. The average Bonchev–Trinajstić information content (AvgIpc) is 3.76. The van der Waals surface area contributed by atoms with Gasteiger partial charge < -0.3 is 15.2 Å². The lowest BCUT2D eigenvalue weighted by Gasteiger charge is -2.36. The van der Waals surface area contributed by atoms with Crippen LogP contribution in [0, 0.1) is 0 Å². The van der Waals surface area contributed by atoms with Crippen LogP contribution in [0.2, 0.25) is 0 Å². The second-order valence-electron chi connectivity index (χ2n) is 17.0. The van der Waals surface area contributed by atoms with E-state index in [4.69, 9.17) is 9.98 Å². The summed E-state index contributed by atoms with van der Waals surface area (Å²) in [6.45, 7) is 0. The summed E-state index contributed by atoms with van der Waals surface area (Å²) in [5.41, 5.74) is 16.7. The van der Waals surface area contributed by atoms with E-state index in [1.54, 1.807) is 0 Å². The average molecular weight is 860 g/mol. The molecule has 12 rings (SSSR count). The number of hydrogen-bond donors (Lipinski definition) is 2. The van der Waals surface area contributed by atoms with Crippen molar-refractivity contribution in [2.75, 3.05) is 0 Å². The predicted molar refractivity (Wildman–Crippen MR) is 278 cm³/mol. The Bertz CT molecular complexity index is 3480. The SMILES string of the molecule is c1ccc(C2=NC(c3ccc(-n4c5ccccc5c5ccccc54)cc3)NC(c3cccc(C4=C(c5ccccc5)C(c5ccccc5)NC(c5ccccc5)=C4c4ccccc4)c3)=N2)cc1. The van der Waals surface area contributed by atoms with Crippen LogP contribution in [0.25, 0.3) is 49.9 Å². The van der Waals surface area contributed by atoms with E-state index in [-0.39, 0.29) is 12.2 Å². The van der Waals surface area contributed by atoms with Crippen molar-refractivity contribution in [3.8, 4) is 5.69 Å². The lowest BCUT2D eigenvalue weighted by atomic mass is 9.77. The minimum atomic E-state index is -0.386. The fraction of sp³-hybridized carbons (Fsp3) is 0.0323. The number of amidine groups is 2. The van der Waals surface area contributed by atoms with E-state index in [1.807, 2.05) is 18.2 Å². The van der Waals surface area contributed by atoms with Crippen LogP contribution in [0.5, 0.6) is 0 Å². The number of benzene rings is 9. The molecule has 67 heavy (non-hydrogen) atoms. The lowest BCUT2D eigenvalue weighted by Crippen LogP contribution is -2.33. The Hall–Kier alpha value is -8.80. The Kier molecular flexibility index (Phi) is 10.3. The molecule has 0 bridgehead atoms. The van der Waals surface area contributed by atoms with Gasteiger partial charge in [0.1, 0.15) is 12.0 Å². The van der Waals surface area contributed by atoms with Crippen molar-refractivity contribution >= 4 is 55.9 Å². The molecule has 2 atom stereocenters. The summed E-state index contributed by atoms with van der Waals surface area (Å²) in [4.78, 5) is 10.6. The normalized spacial score (nSPS) is 16.1. The van der Waals surface area contributed by atoms with Gasteiger partial charge in [-0.05, 0) is 74.9 Å². The molecule has 2 aliphatic heterocycles. The Morgan fingerprint density at radius 1 is 0.373 bits per heavy atom. The van der Waals surface area contributed by atoms with Gasteiger partial charge in [-0.2, -0.15) is 0 Å². The zero-order chi connectivity index (χ0) is 44.5. The largest absolute Gasteiger partial charge is 0.373 e. The van der Waals surface area contributed by atoms with E-state index in [0.717, 1.165) is 67.3 Å². The molecular formula is C62H45N5. The lowest BCUT2D eigenvalue weighted by molar-refractivity contribution is 0.674. The van der Waals surface area contributed by atoms with Crippen molar-refractivity contribution in [2.45, 2.75) is 12.2 Å². The number of para-hydroxylation sites is 2. The summed E-state index contributed by atoms with van der Waals surface area (Å²) < 4.78 is 2.35. The van der Waals surface area contributed by atoms with E-state index < -0.39 is 0 Å². The van der Waals surface area contributed by atoms with Gasteiger partial charge >= 0.3 is 0 Å². The molecule has 5 heteroatoms. The van der Waals surface area contributed by atoms with Gasteiger partial charge in [0, 0.05) is 33.2 Å². The number of rotatable bonds is 9. The van der Waals surface area contributed by atoms with E-state index in [9.17, 15) is 0 Å². The van der Waals surface area contributed by atoms with Crippen LogP contribution in [0.1, 0.15) is 56.7 Å². The smallest absolute Gasteiger partial charge is 0.159 e. The maximum atomic E-state index is 5.30. The maximum absolute atomic E-state index is 5.30. The van der Waals surface area contributed by atoms with Crippen molar-refractivity contribution < 1.29 is 0 Å². The Balaban J connectivity index is 1.02. The van der Waals surface area contributed by atoms with Crippen LogP contribution >= 0.6 is 0 Å². The maximum Gasteiger partial charge on any atom is 0.159 e. The van der Waals surface area contributed by atoms with Crippen LogP contribution < -0.4 is 10.6 Å². The fourth-order valence-electron chi connectivity index (χ4n) is 9.85. The molecule has 0 fully saturated rings. The highest BCUT2D eigenvalue weighted by Crippen LogP contribution is 2.50. The first-order chi connectivity index (χ1) is 33.2. The van der Waals surface area contributed by atoms with Gasteiger partial charge in [0.25, 0.3) is 0 Å². The molecule has 2 unspecified atom stereocenters. The minimum absolute atomic E-state index is 0.151. The first kappa shape index (κ1) is 39.8. The molecule has 0 aliphatic carbocycles. The van der Waals surface area contributed by atoms with E-state index >= 15 is 0 Å². The molecule has 3 heterocycles. The van der Waals surface area contributed by atoms with Crippen molar-refractivity contribution in [3.63, 3.8) is 0 Å². The van der Waals surface area contributed by atoms with E-state index in [0.29, 0.717) is 5.84 Å². The number of fused-ring (bicyclic) bond motifs is 3. The molecule has 0 amide bonds. The second-order valence-corrected chi connectivity index (χ2v) is 17.0. The number of nitrogens with zero attached hydrogens (tertiary/aromatic N) is 3. The van der Waals surface area contributed by atoms with Crippen LogP contribution in [-0.4, -0.2) is 16.2 Å². The second kappa shape index (κ2) is 17.3. The van der Waals surface area contributed by atoms with Crippen LogP contribution in [0.4, 0.5) is 0 Å². The molecule has 2 N–H and O–H groups in total. The summed E-state index contributed by atoms with van der Waals surface area (Å²) in [6, 6.07) is 88.3. The zero-order valence-corrected chi connectivity index (χ0v) is 36.7. The van der Waals surface area contributed by atoms with Crippen molar-refractivity contribution in [3.05, 3.63) is 293 Å². The molecule has 9 aromatic carbocycles. The predicted octanol–water partition coefficient (Wildman–Crippen LogP) is 14.1. The molecule has 318 valence electrons. The topological polar surface area (TPSA) is 53.7 Å². The zero-order valence-electron chi connectivity index (χ0n) is 36.7. The van der Waals surface area contributed by atoms with Crippen molar-refractivity contribution in [1.82, 2.24) is 15.2 Å². The van der Waals surface area contributed by atoms with Crippen LogP contribution in [0.3, 0.4) is 0 Å². The Morgan fingerprint density at radius 2 is 0.881 bits per heavy atom. The van der Waals surface area contributed by atoms with E-state index in [2.05, 4.69) is 246 Å². The van der Waals surface area contributed by atoms with Gasteiger partial charge in [0.15, 0.2) is 5.84 Å². The van der Waals surface area contributed by atoms with Crippen molar-refractivity contribution in [2.24, 2.45) is 9.98 Å². The van der Waals surface area contributed by atoms with Gasteiger partial charge in [0.2, 0.25) is 0 Å². The van der Waals surface area contributed by atoms with Crippen molar-refractivity contribution in [1.29, 1.82) is 0 Å². The van der Waals surface area contributed by atoms with Crippen LogP contribution in [-0.2, 0) is 0 Å². The first-order valence-corrected chi connectivity index (χ1v) is 22.9. The summed E-state index contributed by atoms with van der Waals surface area (Å²) in [7, 11) is 0. The molecule has 1 aromatic heterocycles. The minimum Gasteiger partial charge on any atom is -0.373 e. The highest BCUT2D eigenvalue weighted by molar-refractivity contribution is 6.24. The molecule has 0 radical (unpaired) electrons. The number of nitrogens with one attached hydrogen (secondary N) is 2. The van der Waals surface area contributed by atoms with E-state index in [1.165, 1.54) is 32.9 Å². The number of hydrogen-bond acceptors (Lipinski definition) is 4. The van der Waals surface area contributed by atoms with Gasteiger partial charge in [-0.1, -0.05) is 218 Å². The molecule has 2 aliphatic rings. The number of aromatic nitrogens is 1. The summed E-state index contributed by atoms with van der Waals surface area (Å²) >= 11 is 0. The highest BCUT2D eigenvalue weighted by atomic mass is 15.2. The molecular weight excluding hydrogens is 815 g/mol. The Labute approximate surface area is 390 Å². The molecule has 0 saturated heterocycles. The highest BCUT2D eigenvalue weighted by Gasteiger charge is 2.33. The quantitative estimate of drug-likeness (QED) is 0.152. The van der Waals surface area contributed by atoms with Crippen LogP contribution in [0.15, 0.2) is 259 Å². The van der Waals surface area contributed by atoms with Gasteiger partial charge in [0.05, 0.1) is 22.8 Å². The fourth-order valence-corrected chi connectivity index (χ4v) is 9.85. The third kappa shape index (κ3) is 7.43. The van der Waals surface area contributed by atoms with Gasteiger partial charge in [-0.25, -0.2) is 9.98 Å². The van der Waals surface area contributed by atoms with Gasteiger partial charge in [-0.3, -0.25) is 0 Å². The molecule has 0 spiro atoms. The molecule has 10 aromatic rings. The number of dihydropyridines is 1. The standard InChI is InChI=1S/C62H45N5/c1-6-21-42(22-7-1)56-55(57(43-23-8-2-9-24-43)59(45-27-12-4-13-28-45)63-58(56)44-25-10-3-11-26-44)48-31-20-32-49(41-48)62-65-60(46-29-14-5-15-30-46)64-61(66-62)47-37-39-50(40-38-47)67-53-35-18-16-33-51(53)52-34-17-19-36-54(52)67/h1-41,58,61,63H,(H,64,65,66). The summed E-state index contributed by atoms with van der Waals surface area (Å²) in [5.74, 6) is 1.44. The first-order valence-electron chi connectivity index (χ1n) is 22.9. The third-order valence-corrected chi connectivity index (χ3v) is 12.9. The number of allylic oxidation sites excluding steroid dienone is 2. The monoisotopic (exact) mass is 859 g/mol. The molecule has 5 nitrogen and oxygen atoms in total.